The summed E-state index contributed by atoms with van der Waals surface area (Å²) in [5, 5.41) is 0.996. The van der Waals surface area contributed by atoms with E-state index < -0.39 is 11.9 Å². The number of anilines is 1. The number of nitrogens with zero attached hydrogens (tertiary/aromatic N) is 1. The number of hydrogen-bond donors (Lipinski definition) is 0. The van der Waals surface area contributed by atoms with Gasteiger partial charge in [-0.2, -0.15) is 0 Å². The van der Waals surface area contributed by atoms with Gasteiger partial charge in [-0.3, -0.25) is 0 Å². The molecule has 6 heteroatoms. The van der Waals surface area contributed by atoms with Crippen molar-refractivity contribution in [1.29, 1.82) is 0 Å². The third-order valence-corrected chi connectivity index (χ3v) is 5.62. The highest BCUT2D eigenvalue weighted by molar-refractivity contribution is 8.03. The van der Waals surface area contributed by atoms with Gasteiger partial charge in [-0.1, -0.05) is 30.0 Å². The van der Waals surface area contributed by atoms with Crippen molar-refractivity contribution >= 4 is 35.0 Å². The van der Waals surface area contributed by atoms with Crippen molar-refractivity contribution in [1.82, 2.24) is 0 Å². The molecule has 2 aromatic carbocycles. The molecule has 0 spiro atoms. The molecular formula is C21H17NO4S. The van der Waals surface area contributed by atoms with E-state index in [4.69, 9.17) is 9.47 Å². The first-order valence-corrected chi connectivity index (χ1v) is 9.35. The van der Waals surface area contributed by atoms with Crippen molar-refractivity contribution in [2.75, 3.05) is 18.6 Å². The first-order valence-electron chi connectivity index (χ1n) is 8.53. The Bertz CT molecular complexity index is 1010. The zero-order valence-electron chi connectivity index (χ0n) is 14.9. The van der Waals surface area contributed by atoms with Gasteiger partial charge in [0.15, 0.2) is 0 Å². The molecule has 5 nitrogen and oxygen atoms in total. The number of carbonyl (C=O) groups excluding carboxylic acids is 2. The van der Waals surface area contributed by atoms with Gasteiger partial charge in [0.2, 0.25) is 0 Å². The van der Waals surface area contributed by atoms with E-state index in [1.54, 1.807) is 49.2 Å². The van der Waals surface area contributed by atoms with Gasteiger partial charge in [-0.05, 0) is 37.3 Å². The molecule has 0 amide bonds. The first-order chi connectivity index (χ1) is 13.1. The molecular weight excluding hydrogens is 362 g/mol. The van der Waals surface area contributed by atoms with Crippen LogP contribution in [-0.2, 0) is 9.53 Å². The molecule has 27 heavy (non-hydrogen) atoms. The smallest absolute Gasteiger partial charge is 0.346 e. The third-order valence-electron chi connectivity index (χ3n) is 4.49. The zero-order valence-corrected chi connectivity index (χ0v) is 15.7. The van der Waals surface area contributed by atoms with Crippen LogP contribution >= 0.6 is 11.8 Å². The molecule has 0 aromatic heterocycles. The van der Waals surface area contributed by atoms with Crippen molar-refractivity contribution in [3.63, 3.8) is 0 Å². The summed E-state index contributed by atoms with van der Waals surface area (Å²) in [6.07, 6.45) is 3.62. The Morgan fingerprint density at radius 2 is 1.85 bits per heavy atom. The van der Waals surface area contributed by atoms with Crippen LogP contribution in [0.25, 0.3) is 5.57 Å². The molecule has 0 radical (unpaired) electrons. The summed E-state index contributed by atoms with van der Waals surface area (Å²) in [5.74, 6) is -0.429. The van der Waals surface area contributed by atoms with Gasteiger partial charge < -0.3 is 14.4 Å². The van der Waals surface area contributed by atoms with Crippen LogP contribution in [0.3, 0.4) is 0 Å². The quantitative estimate of drug-likeness (QED) is 0.451. The molecule has 2 aliphatic rings. The van der Waals surface area contributed by atoms with Crippen LogP contribution in [0.4, 0.5) is 5.69 Å². The minimum atomic E-state index is -0.624. The topological polar surface area (TPSA) is 55.8 Å². The summed E-state index contributed by atoms with van der Waals surface area (Å²) < 4.78 is 10.2. The Balaban J connectivity index is 1.73. The van der Waals surface area contributed by atoms with Crippen LogP contribution in [-0.4, -0.2) is 25.6 Å². The fourth-order valence-corrected chi connectivity index (χ4v) is 4.28. The van der Waals surface area contributed by atoms with Crippen molar-refractivity contribution in [2.24, 2.45) is 0 Å². The lowest BCUT2D eigenvalue weighted by atomic mass is 9.97. The van der Waals surface area contributed by atoms with Crippen LogP contribution in [0.2, 0.25) is 0 Å². The maximum absolute atomic E-state index is 12.2. The van der Waals surface area contributed by atoms with Gasteiger partial charge in [0.1, 0.15) is 5.75 Å². The molecule has 0 saturated heterocycles. The molecule has 0 fully saturated rings. The van der Waals surface area contributed by atoms with Crippen LogP contribution in [0, 0.1) is 0 Å². The summed E-state index contributed by atoms with van der Waals surface area (Å²) in [7, 11) is 1.65. The largest absolute Gasteiger partial charge is 0.497 e. The van der Waals surface area contributed by atoms with E-state index in [-0.39, 0.29) is 0 Å². The monoisotopic (exact) mass is 379 g/mol. The highest BCUT2D eigenvalue weighted by atomic mass is 32.2. The van der Waals surface area contributed by atoms with Gasteiger partial charge in [-0.25, -0.2) is 9.59 Å². The second-order valence-corrected chi connectivity index (χ2v) is 7.05. The number of carbonyl (C=O) groups is 2. The molecule has 0 aliphatic carbocycles. The zero-order chi connectivity index (χ0) is 19.0. The Morgan fingerprint density at radius 3 is 2.59 bits per heavy atom. The molecule has 0 saturated carbocycles. The van der Waals surface area contributed by atoms with E-state index in [1.165, 1.54) is 0 Å². The summed E-state index contributed by atoms with van der Waals surface area (Å²) in [6.45, 7) is 2.85. The molecule has 0 bridgehead atoms. The molecule has 0 unspecified atom stereocenters. The summed E-state index contributed by atoms with van der Waals surface area (Å²) in [5.41, 5.74) is 2.46. The van der Waals surface area contributed by atoms with E-state index in [2.05, 4.69) is 11.8 Å². The van der Waals surface area contributed by atoms with E-state index in [0.717, 1.165) is 27.9 Å². The molecule has 2 aromatic rings. The average molecular weight is 379 g/mol. The highest BCUT2D eigenvalue weighted by Crippen LogP contribution is 2.47. The van der Waals surface area contributed by atoms with Gasteiger partial charge >= 0.3 is 11.9 Å². The van der Waals surface area contributed by atoms with Crippen LogP contribution in [0.5, 0.6) is 5.75 Å². The van der Waals surface area contributed by atoms with Gasteiger partial charge in [-0.15, -0.1) is 0 Å². The number of allylic oxidation sites excluding steroid dienone is 2. The Hall–Kier alpha value is -2.99. The van der Waals surface area contributed by atoms with Crippen molar-refractivity contribution in [2.45, 2.75) is 11.8 Å². The SMILES string of the molecule is CCN1/C(=C/C=C2\C(=O)OC(=O)c3ccccc32)Sc2ccc(OC)cc21. The number of cyclic esters (lactones) is 2. The summed E-state index contributed by atoms with van der Waals surface area (Å²) >= 11 is 1.63. The van der Waals surface area contributed by atoms with Crippen LogP contribution in [0.15, 0.2) is 64.5 Å². The van der Waals surface area contributed by atoms with Crippen LogP contribution in [0.1, 0.15) is 22.8 Å². The van der Waals surface area contributed by atoms with E-state index in [0.29, 0.717) is 16.7 Å². The predicted octanol–water partition coefficient (Wildman–Crippen LogP) is 4.25. The highest BCUT2D eigenvalue weighted by Gasteiger charge is 2.29. The number of methoxy groups -OCH3 is 1. The lowest BCUT2D eigenvalue weighted by molar-refractivity contribution is -0.131. The van der Waals surface area contributed by atoms with Crippen molar-refractivity contribution in [3.05, 3.63) is 70.8 Å². The van der Waals surface area contributed by atoms with Crippen molar-refractivity contribution in [3.8, 4) is 5.75 Å². The predicted molar refractivity (Wildman–Crippen MR) is 105 cm³/mol. The Kier molecular flexibility index (Phi) is 4.49. The fraction of sp³-hybridized carbons (Fsp3) is 0.143. The number of benzene rings is 2. The minimum Gasteiger partial charge on any atom is -0.497 e. The van der Waals surface area contributed by atoms with Gasteiger partial charge in [0.05, 0.1) is 29.0 Å². The number of rotatable bonds is 3. The van der Waals surface area contributed by atoms with E-state index >= 15 is 0 Å². The number of fused-ring (bicyclic) bond motifs is 2. The second-order valence-electron chi connectivity index (χ2n) is 5.99. The summed E-state index contributed by atoms with van der Waals surface area (Å²) in [4.78, 5) is 27.4. The normalized spacial score (nSPS) is 18.5. The number of esters is 2. The second kappa shape index (κ2) is 6.96. The summed E-state index contributed by atoms with van der Waals surface area (Å²) in [6, 6.07) is 12.9. The third kappa shape index (κ3) is 3.02. The minimum absolute atomic E-state index is 0.378. The maximum atomic E-state index is 12.2. The Labute approximate surface area is 161 Å². The van der Waals surface area contributed by atoms with E-state index in [1.807, 2.05) is 24.3 Å². The number of hydrogen-bond acceptors (Lipinski definition) is 6. The van der Waals surface area contributed by atoms with Crippen LogP contribution < -0.4 is 9.64 Å². The van der Waals surface area contributed by atoms with Gasteiger partial charge in [0.25, 0.3) is 0 Å². The molecule has 0 atom stereocenters. The van der Waals surface area contributed by atoms with E-state index in [9.17, 15) is 9.59 Å². The van der Waals surface area contributed by atoms with Gasteiger partial charge in [0, 0.05) is 23.1 Å². The Morgan fingerprint density at radius 1 is 1.07 bits per heavy atom. The van der Waals surface area contributed by atoms with Crippen molar-refractivity contribution < 1.29 is 19.1 Å². The molecule has 2 heterocycles. The first kappa shape index (κ1) is 17.4. The molecule has 136 valence electrons. The number of ether oxygens (including phenoxy) is 2. The molecule has 0 N–H and O–H groups in total. The maximum Gasteiger partial charge on any atom is 0.346 e. The fourth-order valence-electron chi connectivity index (χ4n) is 3.17. The molecule has 2 aliphatic heterocycles. The lowest BCUT2D eigenvalue weighted by Crippen LogP contribution is -2.22. The molecule has 4 rings (SSSR count). The lowest BCUT2D eigenvalue weighted by Gasteiger charge is -2.19. The average Bonchev–Trinajstić information content (AvgIpc) is 3.04. The number of thioether (sulfide) groups is 1. The standard InChI is InChI=1S/C21H17NO4S/c1-3-22-17-12-13(25-2)8-10-18(17)27-19(22)11-9-16-14-6-4-5-7-15(14)20(23)26-21(16)24/h4-12H,3H2,1-2H3/b16-9-,19-11-.